The molecule has 0 aliphatic rings. The van der Waals surface area contributed by atoms with E-state index in [4.69, 9.17) is 5.73 Å². The number of alkyl halides is 1. The third kappa shape index (κ3) is 1.57. The number of halogens is 1. The molecule has 1 atom stereocenters. The van der Waals surface area contributed by atoms with E-state index in [9.17, 15) is 0 Å². The normalized spacial score (nSPS) is 13.3. The Morgan fingerprint density at radius 1 is 1.50 bits per heavy atom. The number of anilines is 1. The van der Waals surface area contributed by atoms with Crippen molar-refractivity contribution in [3.63, 3.8) is 0 Å². The van der Waals surface area contributed by atoms with Gasteiger partial charge in [-0.05, 0) is 0 Å². The van der Waals surface area contributed by atoms with Crippen molar-refractivity contribution < 1.29 is 0 Å². The first-order chi connectivity index (χ1) is 6.68. The summed E-state index contributed by atoms with van der Waals surface area (Å²) in [6.07, 6.45) is 3.18. The number of nitrogens with zero attached hydrogens (tertiary/aromatic N) is 4. The molecule has 0 fully saturated rings. The van der Waals surface area contributed by atoms with Gasteiger partial charge in [0.05, 0.1) is 6.33 Å². The predicted molar refractivity (Wildman–Crippen MR) is 58.1 cm³/mol. The number of fused-ring (bicyclic) bond motifs is 1. The van der Waals surface area contributed by atoms with Gasteiger partial charge in [-0.1, -0.05) is 22.9 Å². The molecule has 2 aromatic rings. The minimum atomic E-state index is 0.371. The second-order valence-corrected chi connectivity index (χ2v) is 4.67. The van der Waals surface area contributed by atoms with Crippen LogP contribution in [0.4, 0.5) is 5.82 Å². The van der Waals surface area contributed by atoms with Crippen molar-refractivity contribution in [1.29, 1.82) is 0 Å². The lowest BCUT2D eigenvalue weighted by Gasteiger charge is -2.04. The Morgan fingerprint density at radius 3 is 3.00 bits per heavy atom. The van der Waals surface area contributed by atoms with Crippen LogP contribution in [0.2, 0.25) is 0 Å². The van der Waals surface area contributed by atoms with Crippen LogP contribution in [0.25, 0.3) is 11.2 Å². The number of aromatic nitrogens is 4. The van der Waals surface area contributed by atoms with E-state index >= 15 is 0 Å². The molecule has 0 amide bonds. The van der Waals surface area contributed by atoms with Crippen LogP contribution < -0.4 is 5.73 Å². The molecule has 0 saturated heterocycles. The fraction of sp³-hybridized carbons (Fsp3) is 0.375. The minimum Gasteiger partial charge on any atom is -0.382 e. The van der Waals surface area contributed by atoms with Crippen LogP contribution in [0, 0.1) is 0 Å². The summed E-state index contributed by atoms with van der Waals surface area (Å²) in [6, 6.07) is 0. The van der Waals surface area contributed by atoms with Crippen LogP contribution >= 0.6 is 15.9 Å². The van der Waals surface area contributed by atoms with Crippen molar-refractivity contribution in [2.75, 3.05) is 5.73 Å². The van der Waals surface area contributed by atoms with Gasteiger partial charge in [0.15, 0.2) is 11.5 Å². The average molecular weight is 256 g/mol. The number of imidazole rings is 1. The van der Waals surface area contributed by atoms with Crippen LogP contribution in [0.15, 0.2) is 12.7 Å². The predicted octanol–water partition coefficient (Wildman–Crippen LogP) is 1.19. The fourth-order valence-corrected chi connectivity index (χ4v) is 1.62. The maximum Gasteiger partial charge on any atom is 0.165 e. The van der Waals surface area contributed by atoms with Crippen LogP contribution in [-0.4, -0.2) is 24.3 Å². The number of rotatable bonds is 2. The van der Waals surface area contributed by atoms with Crippen LogP contribution in [0.5, 0.6) is 0 Å². The average Bonchev–Trinajstić information content (AvgIpc) is 2.49. The molecular weight excluding hydrogens is 246 g/mol. The highest BCUT2D eigenvalue weighted by molar-refractivity contribution is 9.09. The lowest BCUT2D eigenvalue weighted by atomic mass is 10.4. The van der Waals surface area contributed by atoms with Crippen molar-refractivity contribution in [3.8, 4) is 0 Å². The Labute approximate surface area is 89.5 Å². The van der Waals surface area contributed by atoms with Gasteiger partial charge in [0.2, 0.25) is 0 Å². The molecule has 0 aliphatic heterocycles. The van der Waals surface area contributed by atoms with Gasteiger partial charge in [0.25, 0.3) is 0 Å². The highest BCUT2D eigenvalue weighted by Gasteiger charge is 2.08. The molecule has 0 bridgehead atoms. The molecule has 2 aromatic heterocycles. The van der Waals surface area contributed by atoms with E-state index in [-0.39, 0.29) is 0 Å². The minimum absolute atomic E-state index is 0.371. The van der Waals surface area contributed by atoms with E-state index in [1.54, 1.807) is 6.33 Å². The van der Waals surface area contributed by atoms with Crippen LogP contribution in [0.3, 0.4) is 0 Å². The quantitative estimate of drug-likeness (QED) is 0.819. The molecule has 0 saturated carbocycles. The third-order valence-corrected chi connectivity index (χ3v) is 2.17. The Bertz CT molecular complexity index is 450. The summed E-state index contributed by atoms with van der Waals surface area (Å²) in [6.45, 7) is 2.88. The Balaban J connectivity index is 2.52. The second kappa shape index (κ2) is 3.53. The molecule has 0 aromatic carbocycles. The largest absolute Gasteiger partial charge is 0.382 e. The van der Waals surface area contributed by atoms with Gasteiger partial charge in [0.1, 0.15) is 11.8 Å². The number of hydrogen-bond acceptors (Lipinski definition) is 4. The lowest BCUT2D eigenvalue weighted by Crippen LogP contribution is -2.06. The monoisotopic (exact) mass is 255 g/mol. The highest BCUT2D eigenvalue weighted by Crippen LogP contribution is 2.15. The summed E-state index contributed by atoms with van der Waals surface area (Å²) >= 11 is 3.48. The highest BCUT2D eigenvalue weighted by atomic mass is 79.9. The first-order valence-corrected chi connectivity index (χ1v) is 5.15. The van der Waals surface area contributed by atoms with Crippen molar-refractivity contribution in [2.24, 2.45) is 0 Å². The van der Waals surface area contributed by atoms with Crippen molar-refractivity contribution in [1.82, 2.24) is 19.5 Å². The van der Waals surface area contributed by atoms with Crippen molar-refractivity contribution in [3.05, 3.63) is 12.7 Å². The van der Waals surface area contributed by atoms with Gasteiger partial charge in [-0.2, -0.15) is 0 Å². The number of nitrogens with two attached hydrogens (primary N) is 1. The molecule has 2 heterocycles. The summed E-state index contributed by atoms with van der Waals surface area (Å²) in [5.41, 5.74) is 7.11. The van der Waals surface area contributed by atoms with Crippen molar-refractivity contribution in [2.45, 2.75) is 18.3 Å². The van der Waals surface area contributed by atoms with E-state index in [2.05, 4.69) is 37.8 Å². The fourth-order valence-electron chi connectivity index (χ4n) is 1.30. The van der Waals surface area contributed by atoms with E-state index in [1.807, 2.05) is 4.57 Å². The number of hydrogen-bond donors (Lipinski definition) is 1. The zero-order valence-electron chi connectivity index (χ0n) is 7.68. The Morgan fingerprint density at radius 2 is 2.29 bits per heavy atom. The zero-order valence-corrected chi connectivity index (χ0v) is 9.27. The first kappa shape index (κ1) is 9.39. The summed E-state index contributed by atoms with van der Waals surface area (Å²) in [4.78, 5) is 12.6. The molecule has 0 spiro atoms. The van der Waals surface area contributed by atoms with Gasteiger partial charge >= 0.3 is 0 Å². The number of nitrogen functional groups attached to an aromatic ring is 1. The van der Waals surface area contributed by atoms with Crippen molar-refractivity contribution >= 4 is 32.9 Å². The second-order valence-electron chi connectivity index (χ2n) is 3.11. The first-order valence-electron chi connectivity index (χ1n) is 4.24. The molecule has 5 nitrogen and oxygen atoms in total. The van der Waals surface area contributed by atoms with Gasteiger partial charge in [-0.15, -0.1) is 0 Å². The summed E-state index contributed by atoms with van der Waals surface area (Å²) < 4.78 is 1.95. The van der Waals surface area contributed by atoms with Gasteiger partial charge in [0, 0.05) is 11.4 Å². The third-order valence-electron chi connectivity index (χ3n) is 1.88. The van der Waals surface area contributed by atoms with E-state index < -0.39 is 0 Å². The van der Waals surface area contributed by atoms with E-state index in [1.165, 1.54) is 6.33 Å². The Kier molecular flexibility index (Phi) is 2.37. The van der Waals surface area contributed by atoms with Gasteiger partial charge in [-0.25, -0.2) is 15.0 Å². The molecular formula is C8H10BrN5. The molecule has 0 radical (unpaired) electrons. The van der Waals surface area contributed by atoms with E-state index in [0.29, 0.717) is 16.2 Å². The van der Waals surface area contributed by atoms with Gasteiger partial charge < -0.3 is 10.3 Å². The molecule has 14 heavy (non-hydrogen) atoms. The smallest absolute Gasteiger partial charge is 0.165 e. The maximum absolute atomic E-state index is 5.66. The molecule has 74 valence electrons. The molecule has 0 aliphatic carbocycles. The maximum atomic E-state index is 5.66. The molecule has 2 rings (SSSR count). The van der Waals surface area contributed by atoms with Crippen LogP contribution in [-0.2, 0) is 6.54 Å². The van der Waals surface area contributed by atoms with Gasteiger partial charge in [-0.3, -0.25) is 0 Å². The van der Waals surface area contributed by atoms with E-state index in [0.717, 1.165) is 12.2 Å². The topological polar surface area (TPSA) is 69.6 Å². The zero-order chi connectivity index (χ0) is 10.1. The summed E-state index contributed by atoms with van der Waals surface area (Å²) in [5, 5.41) is 0. The molecule has 0 unspecified atom stereocenters. The Hall–Kier alpha value is -1.17. The summed E-state index contributed by atoms with van der Waals surface area (Å²) in [5.74, 6) is 0.427. The lowest BCUT2D eigenvalue weighted by molar-refractivity contribution is 0.711. The molecule has 2 N–H and O–H groups in total. The SMILES string of the molecule is C[C@@H](Br)Cn1cnc2c(N)ncnc21. The standard InChI is InChI=1S/C8H10BrN5/c1-5(9)2-14-4-13-6-7(10)11-3-12-8(6)14/h3-5H,2H2,1H3,(H2,10,11,12)/t5-/m1/s1. The van der Waals surface area contributed by atoms with Crippen LogP contribution in [0.1, 0.15) is 6.92 Å². The molecule has 6 heteroatoms. The summed E-state index contributed by atoms with van der Waals surface area (Å²) in [7, 11) is 0.